The summed E-state index contributed by atoms with van der Waals surface area (Å²) in [5, 5.41) is 0. The van der Waals surface area contributed by atoms with E-state index in [1.165, 1.54) is 19.3 Å². The molecule has 0 N–H and O–H groups in total. The van der Waals surface area contributed by atoms with Crippen LogP contribution in [-0.4, -0.2) is 72.8 Å². The van der Waals surface area contributed by atoms with Gasteiger partial charge in [0, 0.05) is 44.7 Å². The van der Waals surface area contributed by atoms with E-state index in [9.17, 15) is 19.2 Å². The Kier molecular flexibility index (Phi) is 17.7. The van der Waals surface area contributed by atoms with E-state index in [4.69, 9.17) is 18.9 Å². The first-order valence-corrected chi connectivity index (χ1v) is 15.1. The summed E-state index contributed by atoms with van der Waals surface area (Å²) in [5.41, 5.74) is 0. The lowest BCUT2D eigenvalue weighted by molar-refractivity contribution is -0.186. The lowest BCUT2D eigenvalue weighted by Crippen LogP contribution is -2.45. The Labute approximate surface area is 235 Å². The van der Waals surface area contributed by atoms with Gasteiger partial charge in [-0.05, 0) is 64.8 Å². The minimum absolute atomic E-state index is 0.00181. The molecule has 0 bridgehead atoms. The lowest BCUT2D eigenvalue weighted by Gasteiger charge is -2.37. The van der Waals surface area contributed by atoms with Gasteiger partial charge in [0.1, 0.15) is 12.2 Å². The van der Waals surface area contributed by atoms with Gasteiger partial charge in [0.15, 0.2) is 6.10 Å². The van der Waals surface area contributed by atoms with Crippen molar-refractivity contribution in [2.75, 3.05) is 19.7 Å². The molecule has 0 spiro atoms. The number of rotatable bonds is 19. The van der Waals surface area contributed by atoms with Crippen molar-refractivity contribution in [1.82, 2.24) is 4.90 Å². The maximum atomic E-state index is 12.8. The molecule has 0 aliphatic carbocycles. The van der Waals surface area contributed by atoms with Gasteiger partial charge in [0.2, 0.25) is 0 Å². The van der Waals surface area contributed by atoms with Crippen LogP contribution in [0.3, 0.4) is 0 Å². The van der Waals surface area contributed by atoms with E-state index in [0.717, 1.165) is 13.1 Å². The van der Waals surface area contributed by atoms with Gasteiger partial charge in [-0.15, -0.1) is 0 Å². The summed E-state index contributed by atoms with van der Waals surface area (Å²) in [6.45, 7) is 13.6. The minimum Gasteiger partial charge on any atom is -0.466 e. The van der Waals surface area contributed by atoms with Crippen LogP contribution < -0.4 is 0 Å². The van der Waals surface area contributed by atoms with Gasteiger partial charge in [-0.1, -0.05) is 34.1 Å². The number of carbonyl (C=O) groups excluding carboxylic acids is 4. The Morgan fingerprint density at radius 3 is 2.00 bits per heavy atom. The zero-order valence-corrected chi connectivity index (χ0v) is 25.2. The molecule has 0 aromatic carbocycles. The van der Waals surface area contributed by atoms with Gasteiger partial charge >= 0.3 is 23.9 Å². The summed E-state index contributed by atoms with van der Waals surface area (Å²) in [6, 6.07) is 0.509. The van der Waals surface area contributed by atoms with Crippen LogP contribution in [0.5, 0.6) is 0 Å². The third kappa shape index (κ3) is 14.2. The maximum absolute atomic E-state index is 12.8. The van der Waals surface area contributed by atoms with Gasteiger partial charge in [-0.2, -0.15) is 0 Å². The summed E-state index contributed by atoms with van der Waals surface area (Å²) in [5.74, 6) is -0.930. The second kappa shape index (κ2) is 19.8. The van der Waals surface area contributed by atoms with Gasteiger partial charge in [-0.3, -0.25) is 19.2 Å². The molecule has 9 heteroatoms. The molecule has 0 radical (unpaired) electrons. The first kappa shape index (κ1) is 34.9. The topological polar surface area (TPSA) is 108 Å². The first-order valence-electron chi connectivity index (χ1n) is 15.1. The molecule has 39 heavy (non-hydrogen) atoms. The minimum atomic E-state index is -1.01. The second-order valence-corrected chi connectivity index (χ2v) is 10.7. The number of ether oxygens (including phenoxy) is 4. The molecule has 1 fully saturated rings. The summed E-state index contributed by atoms with van der Waals surface area (Å²) in [4.78, 5) is 51.9. The Balaban J connectivity index is 2.85. The average Bonchev–Trinajstić information content (AvgIpc) is 2.88. The molecule has 9 nitrogen and oxygen atoms in total. The van der Waals surface area contributed by atoms with E-state index in [1.807, 2.05) is 20.8 Å². The van der Waals surface area contributed by atoms with E-state index < -0.39 is 30.3 Å². The quantitative estimate of drug-likeness (QED) is 0.154. The summed E-state index contributed by atoms with van der Waals surface area (Å²) < 4.78 is 22.3. The summed E-state index contributed by atoms with van der Waals surface area (Å²) in [7, 11) is 0. The summed E-state index contributed by atoms with van der Waals surface area (Å²) >= 11 is 0. The van der Waals surface area contributed by atoms with Crippen LogP contribution in [0.1, 0.15) is 119 Å². The predicted molar refractivity (Wildman–Crippen MR) is 149 cm³/mol. The third-order valence-corrected chi connectivity index (χ3v) is 7.24. The fourth-order valence-electron chi connectivity index (χ4n) is 4.84. The van der Waals surface area contributed by atoms with Crippen molar-refractivity contribution in [3.8, 4) is 0 Å². The van der Waals surface area contributed by atoms with Crippen LogP contribution in [0.25, 0.3) is 0 Å². The van der Waals surface area contributed by atoms with Crippen LogP contribution >= 0.6 is 0 Å². The third-order valence-electron chi connectivity index (χ3n) is 7.24. The van der Waals surface area contributed by atoms with Crippen LogP contribution in [0, 0.1) is 5.92 Å². The molecule has 0 aromatic heterocycles. The molecule has 1 aliphatic rings. The van der Waals surface area contributed by atoms with Crippen molar-refractivity contribution in [3.63, 3.8) is 0 Å². The molecule has 226 valence electrons. The SMILES string of the molecule is CCCC(=O)OCC[C@@H](OC(=O)CCC)[C@H](OC(=O)CCC)[C@H](C)OC(=O)CCCN1CC(CC)CCC1C. The van der Waals surface area contributed by atoms with Gasteiger partial charge in [0.05, 0.1) is 6.61 Å². The fraction of sp³-hybridized carbons (Fsp3) is 0.867. The van der Waals surface area contributed by atoms with Crippen LogP contribution in [-0.2, 0) is 38.1 Å². The molecule has 0 amide bonds. The number of likely N-dealkylation sites (tertiary alicyclic amines) is 1. The Morgan fingerprint density at radius 2 is 1.38 bits per heavy atom. The number of hydrogen-bond acceptors (Lipinski definition) is 9. The van der Waals surface area contributed by atoms with E-state index in [-0.39, 0.29) is 44.2 Å². The maximum Gasteiger partial charge on any atom is 0.306 e. The van der Waals surface area contributed by atoms with Crippen molar-refractivity contribution in [3.05, 3.63) is 0 Å². The second-order valence-electron chi connectivity index (χ2n) is 10.7. The van der Waals surface area contributed by atoms with Crippen molar-refractivity contribution in [1.29, 1.82) is 0 Å². The molecule has 1 aliphatic heterocycles. The largest absolute Gasteiger partial charge is 0.466 e. The zero-order valence-electron chi connectivity index (χ0n) is 25.2. The van der Waals surface area contributed by atoms with Gasteiger partial charge < -0.3 is 23.8 Å². The fourth-order valence-corrected chi connectivity index (χ4v) is 4.84. The molecule has 0 aromatic rings. The standard InChI is InChI=1S/C30H53NO8/c1-7-12-26(32)36-20-18-25(38-27(33)13-8-2)30(39-28(34)14-9-3)23(6)37-29(35)15-11-19-31-21-24(10-4)17-16-22(31)5/h22-25,30H,7-21H2,1-6H3/t22?,23-,24?,25+,30+/m0/s1. The highest BCUT2D eigenvalue weighted by molar-refractivity contribution is 5.71. The van der Waals surface area contributed by atoms with E-state index in [0.29, 0.717) is 44.1 Å². The highest BCUT2D eigenvalue weighted by atomic mass is 16.6. The molecule has 5 atom stereocenters. The smallest absolute Gasteiger partial charge is 0.306 e. The zero-order chi connectivity index (χ0) is 29.2. The Bertz CT molecular complexity index is 742. The predicted octanol–water partition coefficient (Wildman–Crippen LogP) is 5.37. The number of nitrogens with zero attached hydrogens (tertiary/aromatic N) is 1. The number of esters is 4. The number of hydrogen-bond donors (Lipinski definition) is 0. The number of carbonyl (C=O) groups is 4. The lowest BCUT2D eigenvalue weighted by atomic mass is 9.91. The Morgan fingerprint density at radius 1 is 0.795 bits per heavy atom. The molecule has 1 rings (SSSR count). The normalized spacial score (nSPS) is 19.9. The van der Waals surface area contributed by atoms with Crippen molar-refractivity contribution in [2.45, 2.75) is 143 Å². The number of piperidine rings is 1. The summed E-state index contributed by atoms with van der Waals surface area (Å²) in [6.07, 6.45) is 4.40. The molecule has 1 saturated heterocycles. The van der Waals surface area contributed by atoms with Crippen LogP contribution in [0.2, 0.25) is 0 Å². The van der Waals surface area contributed by atoms with E-state index in [1.54, 1.807) is 6.92 Å². The van der Waals surface area contributed by atoms with Gasteiger partial charge in [0.25, 0.3) is 0 Å². The molecule has 0 saturated carbocycles. The van der Waals surface area contributed by atoms with Crippen molar-refractivity contribution in [2.24, 2.45) is 5.92 Å². The van der Waals surface area contributed by atoms with Crippen LogP contribution in [0.15, 0.2) is 0 Å². The molecular formula is C30H53NO8. The van der Waals surface area contributed by atoms with E-state index >= 15 is 0 Å². The highest BCUT2D eigenvalue weighted by Crippen LogP contribution is 2.24. The van der Waals surface area contributed by atoms with E-state index in [2.05, 4.69) is 18.7 Å². The van der Waals surface area contributed by atoms with Crippen molar-refractivity contribution < 1.29 is 38.1 Å². The molecular weight excluding hydrogens is 502 g/mol. The molecule has 2 unspecified atom stereocenters. The van der Waals surface area contributed by atoms with Crippen LogP contribution in [0.4, 0.5) is 0 Å². The average molecular weight is 556 g/mol. The Hall–Kier alpha value is -2.16. The molecule has 1 heterocycles. The first-order chi connectivity index (χ1) is 18.6. The monoisotopic (exact) mass is 555 g/mol. The van der Waals surface area contributed by atoms with Gasteiger partial charge in [-0.25, -0.2) is 0 Å². The van der Waals surface area contributed by atoms with Crippen molar-refractivity contribution >= 4 is 23.9 Å². The highest BCUT2D eigenvalue weighted by Gasteiger charge is 2.36.